The number of carbonyl (C=O) groups excluding carboxylic acids is 1. The second kappa shape index (κ2) is 6.52. The average molecular weight is 298 g/mol. The first-order chi connectivity index (χ1) is 10.4. The largest absolute Gasteiger partial charge is 0.497 e. The van der Waals surface area contributed by atoms with Gasteiger partial charge in [0.05, 0.1) is 7.11 Å². The highest BCUT2D eigenvalue weighted by Gasteiger charge is 2.21. The molecule has 0 bridgehead atoms. The molecule has 116 valence electrons. The normalized spacial score (nSPS) is 11.0. The van der Waals surface area contributed by atoms with E-state index in [1.54, 1.807) is 31.4 Å². The fourth-order valence-electron chi connectivity index (χ4n) is 2.23. The molecule has 0 spiro atoms. The molecule has 1 amide bonds. The van der Waals surface area contributed by atoms with Gasteiger partial charge >= 0.3 is 0 Å². The van der Waals surface area contributed by atoms with E-state index in [4.69, 9.17) is 10.5 Å². The summed E-state index contributed by atoms with van der Waals surface area (Å²) < 4.78 is 5.17. The van der Waals surface area contributed by atoms with E-state index in [-0.39, 0.29) is 11.3 Å². The van der Waals surface area contributed by atoms with Gasteiger partial charge in [-0.2, -0.15) is 0 Å². The molecule has 2 aromatic carbocycles. The Hall–Kier alpha value is -2.49. The van der Waals surface area contributed by atoms with E-state index >= 15 is 0 Å². The SMILES string of the molecule is COc1ccc(C(C)(C)CNC(=O)c2cccc(N)c2)cc1. The lowest BCUT2D eigenvalue weighted by Gasteiger charge is -2.26. The van der Waals surface area contributed by atoms with Crippen molar-refractivity contribution in [3.8, 4) is 5.75 Å². The van der Waals surface area contributed by atoms with Crippen LogP contribution >= 0.6 is 0 Å². The second-order valence-electron chi connectivity index (χ2n) is 5.92. The van der Waals surface area contributed by atoms with Crippen LogP contribution < -0.4 is 15.8 Å². The van der Waals surface area contributed by atoms with E-state index in [0.717, 1.165) is 11.3 Å². The summed E-state index contributed by atoms with van der Waals surface area (Å²) in [6.45, 7) is 4.72. The molecule has 2 aromatic rings. The number of ether oxygens (including phenoxy) is 1. The van der Waals surface area contributed by atoms with Gasteiger partial charge < -0.3 is 15.8 Å². The van der Waals surface area contributed by atoms with Gasteiger partial charge in [-0.15, -0.1) is 0 Å². The molecular formula is C18H22N2O2. The fraction of sp³-hybridized carbons (Fsp3) is 0.278. The summed E-state index contributed by atoms with van der Waals surface area (Å²) in [5, 5.41) is 2.97. The number of benzene rings is 2. The number of nitrogen functional groups attached to an aromatic ring is 1. The minimum absolute atomic E-state index is 0.117. The summed E-state index contributed by atoms with van der Waals surface area (Å²) in [4.78, 5) is 12.2. The summed E-state index contributed by atoms with van der Waals surface area (Å²) >= 11 is 0. The number of amides is 1. The lowest BCUT2D eigenvalue weighted by Crippen LogP contribution is -2.36. The molecule has 0 aromatic heterocycles. The molecule has 0 saturated carbocycles. The average Bonchev–Trinajstić information content (AvgIpc) is 2.52. The number of hydrogen-bond acceptors (Lipinski definition) is 3. The summed E-state index contributed by atoms with van der Waals surface area (Å²) in [5.74, 6) is 0.706. The molecule has 0 fully saturated rings. The van der Waals surface area contributed by atoms with E-state index < -0.39 is 0 Å². The van der Waals surface area contributed by atoms with Crippen molar-refractivity contribution in [1.29, 1.82) is 0 Å². The quantitative estimate of drug-likeness (QED) is 0.834. The van der Waals surface area contributed by atoms with Crippen molar-refractivity contribution in [1.82, 2.24) is 5.32 Å². The number of nitrogens with one attached hydrogen (secondary N) is 1. The Kier molecular flexibility index (Phi) is 4.71. The molecule has 2 rings (SSSR count). The standard InChI is InChI=1S/C18H22N2O2/c1-18(2,14-7-9-16(22-3)10-8-14)12-20-17(21)13-5-4-6-15(19)11-13/h4-11H,12,19H2,1-3H3,(H,20,21). The maximum absolute atomic E-state index is 12.2. The smallest absolute Gasteiger partial charge is 0.251 e. The van der Waals surface area contributed by atoms with Gasteiger partial charge in [0.25, 0.3) is 5.91 Å². The van der Waals surface area contributed by atoms with Crippen molar-refractivity contribution in [3.63, 3.8) is 0 Å². The van der Waals surface area contributed by atoms with Crippen molar-refractivity contribution in [2.75, 3.05) is 19.4 Å². The van der Waals surface area contributed by atoms with Crippen molar-refractivity contribution >= 4 is 11.6 Å². The van der Waals surface area contributed by atoms with E-state index in [2.05, 4.69) is 19.2 Å². The molecule has 0 aliphatic rings. The number of methoxy groups -OCH3 is 1. The van der Waals surface area contributed by atoms with E-state index in [1.807, 2.05) is 24.3 Å². The molecule has 4 nitrogen and oxygen atoms in total. The zero-order valence-corrected chi connectivity index (χ0v) is 13.2. The summed E-state index contributed by atoms with van der Waals surface area (Å²) in [6, 6.07) is 14.9. The number of rotatable bonds is 5. The highest BCUT2D eigenvalue weighted by Crippen LogP contribution is 2.24. The summed E-state index contributed by atoms with van der Waals surface area (Å²) in [7, 11) is 1.64. The Morgan fingerprint density at radius 2 is 1.86 bits per heavy atom. The Labute approximate surface area is 131 Å². The highest BCUT2D eigenvalue weighted by atomic mass is 16.5. The van der Waals surface area contributed by atoms with E-state index in [1.165, 1.54) is 0 Å². The van der Waals surface area contributed by atoms with Crippen molar-refractivity contribution in [2.24, 2.45) is 0 Å². The second-order valence-corrected chi connectivity index (χ2v) is 5.92. The number of nitrogens with two attached hydrogens (primary N) is 1. The van der Waals surface area contributed by atoms with Crippen LogP contribution in [0.1, 0.15) is 29.8 Å². The van der Waals surface area contributed by atoms with Crippen LogP contribution in [0.4, 0.5) is 5.69 Å². The number of hydrogen-bond donors (Lipinski definition) is 2. The molecule has 0 heterocycles. The highest BCUT2D eigenvalue weighted by molar-refractivity contribution is 5.95. The van der Waals surface area contributed by atoms with Crippen molar-refractivity contribution < 1.29 is 9.53 Å². The summed E-state index contributed by atoms with van der Waals surface area (Å²) in [6.07, 6.45) is 0. The van der Waals surface area contributed by atoms with Gasteiger partial charge in [0.2, 0.25) is 0 Å². The third kappa shape index (κ3) is 3.79. The van der Waals surface area contributed by atoms with E-state index in [0.29, 0.717) is 17.8 Å². The molecule has 0 aliphatic carbocycles. The zero-order valence-electron chi connectivity index (χ0n) is 13.2. The maximum Gasteiger partial charge on any atom is 0.251 e. The van der Waals surface area contributed by atoms with E-state index in [9.17, 15) is 4.79 Å². The Morgan fingerprint density at radius 3 is 2.45 bits per heavy atom. The van der Waals surface area contributed by atoms with Crippen LogP contribution in [0, 0.1) is 0 Å². The van der Waals surface area contributed by atoms with Crippen LogP contribution in [0.5, 0.6) is 5.75 Å². The molecule has 0 atom stereocenters. The number of anilines is 1. The Bertz CT molecular complexity index is 648. The molecule has 0 unspecified atom stereocenters. The van der Waals surface area contributed by atoms with Crippen LogP contribution in [0.3, 0.4) is 0 Å². The topological polar surface area (TPSA) is 64.3 Å². The molecule has 3 N–H and O–H groups in total. The molecular weight excluding hydrogens is 276 g/mol. The van der Waals surface area contributed by atoms with Gasteiger partial charge in [0, 0.05) is 23.2 Å². The van der Waals surface area contributed by atoms with Gasteiger partial charge in [-0.3, -0.25) is 4.79 Å². The predicted octanol–water partition coefficient (Wildman–Crippen LogP) is 2.99. The van der Waals surface area contributed by atoms with Crippen LogP contribution in [-0.2, 0) is 5.41 Å². The van der Waals surface area contributed by atoms with Gasteiger partial charge in [-0.1, -0.05) is 32.0 Å². The maximum atomic E-state index is 12.2. The van der Waals surface area contributed by atoms with Crippen molar-refractivity contribution in [3.05, 3.63) is 59.7 Å². The van der Waals surface area contributed by atoms with Crippen LogP contribution in [0.2, 0.25) is 0 Å². The predicted molar refractivity (Wildman–Crippen MR) is 89.2 cm³/mol. The molecule has 22 heavy (non-hydrogen) atoms. The minimum atomic E-state index is -0.178. The lowest BCUT2D eigenvalue weighted by molar-refractivity contribution is 0.0945. The molecule has 0 saturated heterocycles. The van der Waals surface area contributed by atoms with Gasteiger partial charge in [0.15, 0.2) is 0 Å². The number of carbonyl (C=O) groups is 1. The molecule has 4 heteroatoms. The van der Waals surface area contributed by atoms with Crippen LogP contribution in [0.25, 0.3) is 0 Å². The monoisotopic (exact) mass is 298 g/mol. The van der Waals surface area contributed by atoms with Gasteiger partial charge in [-0.25, -0.2) is 0 Å². The molecule has 0 radical (unpaired) electrons. The molecule has 0 aliphatic heterocycles. The first kappa shape index (κ1) is 15.9. The van der Waals surface area contributed by atoms with Crippen LogP contribution in [0.15, 0.2) is 48.5 Å². The Morgan fingerprint density at radius 1 is 1.18 bits per heavy atom. The third-order valence-electron chi connectivity index (χ3n) is 3.71. The van der Waals surface area contributed by atoms with Gasteiger partial charge in [-0.05, 0) is 35.9 Å². The zero-order chi connectivity index (χ0) is 16.2. The Balaban J connectivity index is 2.03. The summed E-state index contributed by atoms with van der Waals surface area (Å²) in [5.41, 5.74) is 7.83. The third-order valence-corrected chi connectivity index (χ3v) is 3.71. The minimum Gasteiger partial charge on any atom is -0.497 e. The fourth-order valence-corrected chi connectivity index (χ4v) is 2.23. The van der Waals surface area contributed by atoms with Crippen molar-refractivity contribution in [2.45, 2.75) is 19.3 Å². The van der Waals surface area contributed by atoms with Gasteiger partial charge in [0.1, 0.15) is 5.75 Å². The lowest BCUT2D eigenvalue weighted by atomic mass is 9.84. The van der Waals surface area contributed by atoms with Crippen LogP contribution in [-0.4, -0.2) is 19.6 Å². The first-order valence-electron chi connectivity index (χ1n) is 7.21. The first-order valence-corrected chi connectivity index (χ1v) is 7.21.